The van der Waals surface area contributed by atoms with Gasteiger partial charge in [-0.1, -0.05) is 6.92 Å². The van der Waals surface area contributed by atoms with Crippen molar-refractivity contribution in [3.8, 4) is 5.75 Å². The van der Waals surface area contributed by atoms with Gasteiger partial charge >= 0.3 is 0 Å². The van der Waals surface area contributed by atoms with Gasteiger partial charge in [0.1, 0.15) is 17.6 Å². The number of nitrogens with one attached hydrogen (secondary N) is 1. The lowest BCUT2D eigenvalue weighted by atomic mass is 10.1. The molecule has 23 heavy (non-hydrogen) atoms. The van der Waals surface area contributed by atoms with Crippen molar-refractivity contribution in [1.82, 2.24) is 10.2 Å². The highest BCUT2D eigenvalue weighted by Crippen LogP contribution is 2.24. The molecule has 126 valence electrons. The van der Waals surface area contributed by atoms with Crippen molar-refractivity contribution < 1.29 is 18.7 Å². The molecule has 0 aromatic heterocycles. The Labute approximate surface area is 134 Å². The number of amides is 2. The molecule has 0 saturated carbocycles. The maximum absolute atomic E-state index is 13.6. The summed E-state index contributed by atoms with van der Waals surface area (Å²) in [6.07, 6.45) is 1.13. The van der Waals surface area contributed by atoms with Crippen molar-refractivity contribution in [2.45, 2.75) is 25.8 Å². The molecular weight excluding hydrogens is 301 g/mol. The minimum Gasteiger partial charge on any atom is -0.493 e. The lowest BCUT2D eigenvalue weighted by Gasteiger charge is -2.34. The van der Waals surface area contributed by atoms with Gasteiger partial charge in [0.15, 0.2) is 0 Å². The van der Waals surface area contributed by atoms with Crippen LogP contribution < -0.4 is 15.8 Å². The van der Waals surface area contributed by atoms with Crippen LogP contribution in [0.3, 0.4) is 0 Å². The van der Waals surface area contributed by atoms with E-state index in [2.05, 4.69) is 5.32 Å². The lowest BCUT2D eigenvalue weighted by molar-refractivity contribution is -0.127. The zero-order valence-electron chi connectivity index (χ0n) is 13.2. The normalized spacial score (nSPS) is 17.8. The summed E-state index contributed by atoms with van der Waals surface area (Å²) in [6, 6.07) is 3.29. The van der Waals surface area contributed by atoms with Crippen LogP contribution in [0.4, 0.5) is 4.39 Å². The highest BCUT2D eigenvalue weighted by atomic mass is 19.1. The predicted octanol–water partition coefficient (Wildman–Crippen LogP) is 0.904. The van der Waals surface area contributed by atoms with E-state index in [0.29, 0.717) is 44.8 Å². The van der Waals surface area contributed by atoms with Crippen LogP contribution in [0.25, 0.3) is 0 Å². The van der Waals surface area contributed by atoms with E-state index in [4.69, 9.17) is 10.5 Å². The second-order valence-electron chi connectivity index (χ2n) is 5.34. The Balaban J connectivity index is 2.26. The van der Waals surface area contributed by atoms with Gasteiger partial charge in [-0.2, -0.15) is 0 Å². The van der Waals surface area contributed by atoms with E-state index in [1.807, 2.05) is 6.92 Å². The van der Waals surface area contributed by atoms with Crippen molar-refractivity contribution in [3.05, 3.63) is 29.6 Å². The molecule has 1 atom stereocenters. The van der Waals surface area contributed by atoms with Crippen LogP contribution in [0.5, 0.6) is 5.75 Å². The van der Waals surface area contributed by atoms with Crippen molar-refractivity contribution >= 4 is 11.8 Å². The van der Waals surface area contributed by atoms with Crippen molar-refractivity contribution in [2.75, 3.05) is 26.2 Å². The zero-order valence-corrected chi connectivity index (χ0v) is 13.2. The molecule has 6 nitrogen and oxygen atoms in total. The van der Waals surface area contributed by atoms with E-state index in [1.54, 1.807) is 0 Å². The summed E-state index contributed by atoms with van der Waals surface area (Å²) < 4.78 is 19.1. The van der Waals surface area contributed by atoms with Crippen LogP contribution in [-0.4, -0.2) is 49.0 Å². The lowest BCUT2D eigenvalue weighted by Crippen LogP contribution is -2.56. The SMILES string of the molecule is CC[C@@H]1C(=O)NCCN1C(=O)c1cc(F)ccc1OCCCN. The standard InChI is InChI=1S/C16H22FN3O3/c1-2-13-15(21)19-7-8-20(13)16(22)12-10-11(17)4-5-14(12)23-9-3-6-18/h4-5,10,13H,2-3,6-9,18H2,1H3,(H,19,21)/t13-/m1/s1. The molecule has 1 saturated heterocycles. The summed E-state index contributed by atoms with van der Waals surface area (Å²) in [5, 5.41) is 2.74. The first-order chi connectivity index (χ1) is 11.1. The third-order valence-corrected chi connectivity index (χ3v) is 3.76. The van der Waals surface area contributed by atoms with Crippen LogP contribution in [0.1, 0.15) is 30.1 Å². The fourth-order valence-electron chi connectivity index (χ4n) is 2.58. The molecule has 7 heteroatoms. The van der Waals surface area contributed by atoms with Gasteiger partial charge < -0.3 is 20.7 Å². The first kappa shape index (κ1) is 17.2. The van der Waals surface area contributed by atoms with Crippen molar-refractivity contribution in [2.24, 2.45) is 5.73 Å². The number of carbonyl (C=O) groups excluding carboxylic acids is 2. The average Bonchev–Trinajstić information content (AvgIpc) is 2.55. The Kier molecular flexibility index (Phi) is 5.92. The summed E-state index contributed by atoms with van der Waals surface area (Å²) >= 11 is 0. The molecule has 2 rings (SSSR count). The van der Waals surface area contributed by atoms with E-state index in [0.717, 1.165) is 6.07 Å². The monoisotopic (exact) mass is 323 g/mol. The number of nitrogens with two attached hydrogens (primary N) is 1. The molecule has 3 N–H and O–H groups in total. The molecule has 2 amide bonds. The van der Waals surface area contributed by atoms with Gasteiger partial charge in [-0.25, -0.2) is 4.39 Å². The number of nitrogens with zero attached hydrogens (tertiary/aromatic N) is 1. The molecule has 1 heterocycles. The highest BCUT2D eigenvalue weighted by molar-refractivity contribution is 6.00. The van der Waals surface area contributed by atoms with Crippen molar-refractivity contribution in [1.29, 1.82) is 0 Å². The Morgan fingerprint density at radius 3 is 3.00 bits per heavy atom. The largest absolute Gasteiger partial charge is 0.493 e. The van der Waals surface area contributed by atoms with Gasteiger partial charge in [0, 0.05) is 13.1 Å². The molecule has 0 unspecified atom stereocenters. The van der Waals surface area contributed by atoms with E-state index in [9.17, 15) is 14.0 Å². The van der Waals surface area contributed by atoms with Gasteiger partial charge in [0.05, 0.1) is 12.2 Å². The molecule has 1 aromatic rings. The molecule has 1 fully saturated rings. The summed E-state index contributed by atoms with van der Waals surface area (Å²) in [5.41, 5.74) is 5.56. The van der Waals surface area contributed by atoms with Crippen LogP contribution in [0, 0.1) is 5.82 Å². The minimum absolute atomic E-state index is 0.134. The maximum atomic E-state index is 13.6. The molecule has 1 aromatic carbocycles. The van der Waals surface area contributed by atoms with E-state index < -0.39 is 17.8 Å². The van der Waals surface area contributed by atoms with Crippen LogP contribution >= 0.6 is 0 Å². The first-order valence-corrected chi connectivity index (χ1v) is 7.79. The maximum Gasteiger partial charge on any atom is 0.258 e. The fraction of sp³-hybridized carbons (Fsp3) is 0.500. The second kappa shape index (κ2) is 7.92. The molecule has 0 radical (unpaired) electrons. The number of carbonyl (C=O) groups is 2. The number of rotatable bonds is 6. The van der Waals surface area contributed by atoms with Gasteiger partial charge in [-0.3, -0.25) is 9.59 Å². The third-order valence-electron chi connectivity index (χ3n) is 3.76. The first-order valence-electron chi connectivity index (χ1n) is 7.79. The minimum atomic E-state index is -0.545. The van der Waals surface area contributed by atoms with Gasteiger partial charge in [-0.05, 0) is 37.6 Å². The molecular formula is C16H22FN3O3. The predicted molar refractivity (Wildman–Crippen MR) is 83.7 cm³/mol. The van der Waals surface area contributed by atoms with Crippen LogP contribution in [0.2, 0.25) is 0 Å². The number of piperazine rings is 1. The van der Waals surface area contributed by atoms with Gasteiger partial charge in [0.2, 0.25) is 5.91 Å². The number of halogens is 1. The quantitative estimate of drug-likeness (QED) is 0.762. The average molecular weight is 323 g/mol. The Morgan fingerprint density at radius 1 is 1.52 bits per heavy atom. The summed E-state index contributed by atoms with van der Waals surface area (Å²) in [6.45, 7) is 3.43. The van der Waals surface area contributed by atoms with E-state index in [-0.39, 0.29) is 11.5 Å². The Bertz CT molecular complexity index is 580. The fourth-order valence-corrected chi connectivity index (χ4v) is 2.58. The molecule has 1 aliphatic rings. The van der Waals surface area contributed by atoms with Crippen LogP contribution in [0.15, 0.2) is 18.2 Å². The smallest absolute Gasteiger partial charge is 0.258 e. The van der Waals surface area contributed by atoms with Gasteiger partial charge in [-0.15, -0.1) is 0 Å². The highest BCUT2D eigenvalue weighted by Gasteiger charge is 2.33. The second-order valence-corrected chi connectivity index (χ2v) is 5.34. The van der Waals surface area contributed by atoms with Crippen LogP contribution in [-0.2, 0) is 4.79 Å². The molecule has 0 spiro atoms. The number of hydrogen-bond acceptors (Lipinski definition) is 4. The number of hydrogen-bond donors (Lipinski definition) is 2. The third kappa shape index (κ3) is 3.98. The number of ether oxygens (including phenoxy) is 1. The number of benzene rings is 1. The summed E-state index contributed by atoms with van der Waals surface area (Å²) in [4.78, 5) is 26.2. The molecule has 0 bridgehead atoms. The topological polar surface area (TPSA) is 84.7 Å². The van der Waals surface area contributed by atoms with Crippen molar-refractivity contribution in [3.63, 3.8) is 0 Å². The summed E-state index contributed by atoms with van der Waals surface area (Å²) in [7, 11) is 0. The Morgan fingerprint density at radius 2 is 2.30 bits per heavy atom. The summed E-state index contributed by atoms with van der Waals surface area (Å²) in [5.74, 6) is -0.789. The molecule has 1 aliphatic heterocycles. The molecule has 0 aliphatic carbocycles. The van der Waals surface area contributed by atoms with E-state index in [1.165, 1.54) is 17.0 Å². The van der Waals surface area contributed by atoms with Gasteiger partial charge in [0.25, 0.3) is 5.91 Å². The van der Waals surface area contributed by atoms with E-state index >= 15 is 0 Å². The zero-order chi connectivity index (χ0) is 16.8. The Hall–Kier alpha value is -2.15.